The number of hydrogen-bond donors (Lipinski definition) is 2. The lowest BCUT2D eigenvalue weighted by Gasteiger charge is -2.20. The second-order valence-electron chi connectivity index (χ2n) is 4.21. The van der Waals surface area contributed by atoms with Crippen molar-refractivity contribution in [2.24, 2.45) is 5.92 Å². The summed E-state index contributed by atoms with van der Waals surface area (Å²) in [6, 6.07) is 6.77. The Bertz CT molecular complexity index is 377. The number of carbonyl (C=O) groups excluding carboxylic acids is 1. The fourth-order valence-corrected chi connectivity index (χ4v) is 1.50. The quantitative estimate of drug-likeness (QED) is 0.814. The van der Waals surface area contributed by atoms with E-state index in [1.165, 1.54) is 7.11 Å². The van der Waals surface area contributed by atoms with Gasteiger partial charge in [-0.05, 0) is 18.1 Å². The minimum absolute atomic E-state index is 0.0709. The first-order valence-electron chi connectivity index (χ1n) is 5.65. The largest absolute Gasteiger partial charge is 0.496 e. The third-order valence-corrected chi connectivity index (χ3v) is 2.67. The molecule has 0 aromatic heterocycles. The molecule has 1 amide bonds. The van der Waals surface area contributed by atoms with Crippen molar-refractivity contribution in [3.8, 4) is 5.75 Å². The Morgan fingerprint density at radius 1 is 1.41 bits per heavy atom. The SMILES string of the molecule is COc1ccccc1C(=O)NC(CO)C(C)C. The smallest absolute Gasteiger partial charge is 0.255 e. The van der Waals surface area contributed by atoms with Crippen LogP contribution in [-0.4, -0.2) is 30.8 Å². The van der Waals surface area contributed by atoms with E-state index >= 15 is 0 Å². The molecule has 0 aliphatic heterocycles. The Labute approximate surface area is 102 Å². The van der Waals surface area contributed by atoms with E-state index in [1.54, 1.807) is 18.2 Å². The fourth-order valence-electron chi connectivity index (χ4n) is 1.50. The second-order valence-corrected chi connectivity index (χ2v) is 4.21. The van der Waals surface area contributed by atoms with Gasteiger partial charge in [0.25, 0.3) is 5.91 Å². The number of carbonyl (C=O) groups is 1. The first kappa shape index (κ1) is 13.5. The predicted molar refractivity (Wildman–Crippen MR) is 66.2 cm³/mol. The van der Waals surface area contributed by atoms with Crippen LogP contribution >= 0.6 is 0 Å². The summed E-state index contributed by atoms with van der Waals surface area (Å²) in [4.78, 5) is 12.0. The summed E-state index contributed by atoms with van der Waals surface area (Å²) >= 11 is 0. The van der Waals surface area contributed by atoms with Gasteiger partial charge in [0.1, 0.15) is 5.75 Å². The van der Waals surface area contributed by atoms with Crippen molar-refractivity contribution < 1.29 is 14.6 Å². The van der Waals surface area contributed by atoms with Crippen LogP contribution in [-0.2, 0) is 0 Å². The predicted octanol–water partition coefficient (Wildman–Crippen LogP) is 1.44. The molecule has 0 saturated carbocycles. The van der Waals surface area contributed by atoms with Gasteiger partial charge >= 0.3 is 0 Å². The lowest BCUT2D eigenvalue weighted by Crippen LogP contribution is -2.41. The number of methoxy groups -OCH3 is 1. The zero-order valence-electron chi connectivity index (χ0n) is 10.4. The molecular weight excluding hydrogens is 218 g/mol. The maximum atomic E-state index is 12.0. The molecule has 1 atom stereocenters. The number of benzene rings is 1. The maximum absolute atomic E-state index is 12.0. The van der Waals surface area contributed by atoms with Crippen LogP contribution in [0.3, 0.4) is 0 Å². The van der Waals surface area contributed by atoms with Gasteiger partial charge in [-0.25, -0.2) is 0 Å². The average molecular weight is 237 g/mol. The third kappa shape index (κ3) is 3.46. The Kier molecular flexibility index (Phi) is 4.97. The molecule has 0 radical (unpaired) electrons. The van der Waals surface area contributed by atoms with Crippen LogP contribution in [0.15, 0.2) is 24.3 Å². The highest BCUT2D eigenvalue weighted by molar-refractivity contribution is 5.97. The zero-order valence-corrected chi connectivity index (χ0v) is 10.4. The van der Waals surface area contributed by atoms with Crippen molar-refractivity contribution in [3.63, 3.8) is 0 Å². The monoisotopic (exact) mass is 237 g/mol. The van der Waals surface area contributed by atoms with Crippen LogP contribution in [0.2, 0.25) is 0 Å². The van der Waals surface area contributed by atoms with E-state index in [9.17, 15) is 9.90 Å². The molecule has 1 unspecified atom stereocenters. The number of aliphatic hydroxyl groups excluding tert-OH is 1. The summed E-state index contributed by atoms with van der Waals surface area (Å²) in [7, 11) is 1.53. The Morgan fingerprint density at radius 3 is 2.59 bits per heavy atom. The zero-order chi connectivity index (χ0) is 12.8. The second kappa shape index (κ2) is 6.25. The van der Waals surface area contributed by atoms with Gasteiger partial charge in [0, 0.05) is 0 Å². The highest BCUT2D eigenvalue weighted by Crippen LogP contribution is 2.17. The van der Waals surface area contributed by atoms with Gasteiger partial charge in [-0.3, -0.25) is 4.79 Å². The van der Waals surface area contributed by atoms with Gasteiger partial charge in [-0.1, -0.05) is 26.0 Å². The molecule has 0 heterocycles. The Hall–Kier alpha value is -1.55. The van der Waals surface area contributed by atoms with Gasteiger partial charge in [0.05, 0.1) is 25.3 Å². The van der Waals surface area contributed by atoms with Gasteiger partial charge in [0.15, 0.2) is 0 Å². The molecule has 4 heteroatoms. The van der Waals surface area contributed by atoms with Gasteiger partial charge in [-0.2, -0.15) is 0 Å². The van der Waals surface area contributed by atoms with E-state index < -0.39 is 0 Å². The molecule has 1 aromatic rings. The molecule has 1 aromatic carbocycles. The molecule has 0 fully saturated rings. The summed E-state index contributed by atoms with van der Waals surface area (Å²) in [6.45, 7) is 3.82. The van der Waals surface area contributed by atoms with Crippen molar-refractivity contribution in [2.75, 3.05) is 13.7 Å². The van der Waals surface area contributed by atoms with Crippen LogP contribution in [0.25, 0.3) is 0 Å². The number of para-hydroxylation sites is 1. The Morgan fingerprint density at radius 2 is 2.06 bits per heavy atom. The number of hydrogen-bond acceptors (Lipinski definition) is 3. The number of nitrogens with one attached hydrogen (secondary N) is 1. The molecule has 94 valence electrons. The highest BCUT2D eigenvalue weighted by atomic mass is 16.5. The molecular formula is C13H19NO3. The van der Waals surface area contributed by atoms with Crippen molar-refractivity contribution in [3.05, 3.63) is 29.8 Å². The lowest BCUT2D eigenvalue weighted by atomic mass is 10.0. The van der Waals surface area contributed by atoms with E-state index in [0.717, 1.165) is 0 Å². The van der Waals surface area contributed by atoms with Crippen LogP contribution in [0.4, 0.5) is 0 Å². The normalized spacial score (nSPS) is 12.3. The molecule has 0 aliphatic rings. The first-order valence-corrected chi connectivity index (χ1v) is 5.65. The van der Waals surface area contributed by atoms with Crippen LogP contribution < -0.4 is 10.1 Å². The number of aliphatic hydroxyl groups is 1. The minimum atomic E-state index is -0.243. The van der Waals surface area contributed by atoms with Crippen molar-refractivity contribution in [1.29, 1.82) is 0 Å². The Balaban J connectivity index is 2.82. The van der Waals surface area contributed by atoms with Crippen molar-refractivity contribution in [2.45, 2.75) is 19.9 Å². The first-order chi connectivity index (χ1) is 8.10. The molecule has 4 nitrogen and oxygen atoms in total. The third-order valence-electron chi connectivity index (χ3n) is 2.67. The summed E-state index contributed by atoms with van der Waals surface area (Å²) in [6.07, 6.45) is 0. The molecule has 0 spiro atoms. The molecule has 0 saturated heterocycles. The van der Waals surface area contributed by atoms with Crippen LogP contribution in [0, 0.1) is 5.92 Å². The average Bonchev–Trinajstić information content (AvgIpc) is 2.35. The number of ether oxygens (including phenoxy) is 1. The van der Waals surface area contributed by atoms with Crippen LogP contribution in [0.1, 0.15) is 24.2 Å². The topological polar surface area (TPSA) is 58.6 Å². The van der Waals surface area contributed by atoms with Gasteiger partial charge in [0.2, 0.25) is 0 Å². The van der Waals surface area contributed by atoms with E-state index in [4.69, 9.17) is 4.74 Å². The van der Waals surface area contributed by atoms with Gasteiger partial charge in [-0.15, -0.1) is 0 Å². The molecule has 17 heavy (non-hydrogen) atoms. The van der Waals surface area contributed by atoms with E-state index in [2.05, 4.69) is 5.32 Å². The van der Waals surface area contributed by atoms with E-state index in [0.29, 0.717) is 11.3 Å². The van der Waals surface area contributed by atoms with Crippen LogP contribution in [0.5, 0.6) is 5.75 Å². The minimum Gasteiger partial charge on any atom is -0.496 e. The maximum Gasteiger partial charge on any atom is 0.255 e. The number of rotatable bonds is 5. The molecule has 1 rings (SSSR count). The standard InChI is InChI=1S/C13H19NO3/c1-9(2)11(8-15)14-13(16)10-6-4-5-7-12(10)17-3/h4-7,9,11,15H,8H2,1-3H3,(H,14,16). The number of amides is 1. The highest BCUT2D eigenvalue weighted by Gasteiger charge is 2.18. The van der Waals surface area contributed by atoms with E-state index in [1.807, 2.05) is 19.9 Å². The fraction of sp³-hybridized carbons (Fsp3) is 0.462. The van der Waals surface area contributed by atoms with Gasteiger partial charge < -0.3 is 15.2 Å². The summed E-state index contributed by atoms with van der Waals surface area (Å²) in [5.74, 6) is 0.485. The molecule has 0 bridgehead atoms. The summed E-state index contributed by atoms with van der Waals surface area (Å²) in [5, 5.41) is 12.0. The van der Waals surface area contributed by atoms with Crippen molar-refractivity contribution >= 4 is 5.91 Å². The summed E-state index contributed by atoms with van der Waals surface area (Å²) in [5.41, 5.74) is 0.481. The van der Waals surface area contributed by atoms with E-state index in [-0.39, 0.29) is 24.5 Å². The molecule has 0 aliphatic carbocycles. The lowest BCUT2D eigenvalue weighted by molar-refractivity contribution is 0.0894. The summed E-state index contributed by atoms with van der Waals surface area (Å²) < 4.78 is 5.12. The molecule has 2 N–H and O–H groups in total. The van der Waals surface area contributed by atoms with Crippen molar-refractivity contribution in [1.82, 2.24) is 5.32 Å².